The molecule has 2 amide bonds. The van der Waals surface area contributed by atoms with E-state index in [1.165, 1.54) is 0 Å². The summed E-state index contributed by atoms with van der Waals surface area (Å²) in [5.74, 6) is 0.535. The number of benzene rings is 2. The highest BCUT2D eigenvalue weighted by atomic mass is 16.5. The van der Waals surface area contributed by atoms with Crippen molar-refractivity contribution < 1.29 is 14.1 Å². The number of aromatic nitrogens is 1. The maximum atomic E-state index is 13.3. The molecule has 0 aliphatic heterocycles. The molecule has 1 N–H and O–H groups in total. The lowest BCUT2D eigenvalue weighted by atomic mass is 10.0. The number of rotatable bonds is 8. The summed E-state index contributed by atoms with van der Waals surface area (Å²) in [5, 5.41) is 8.36. The number of carbonyl (C=O) groups excluding carboxylic acids is 2. The molecule has 0 saturated heterocycles. The summed E-state index contributed by atoms with van der Waals surface area (Å²) in [5.41, 5.74) is 0.611. The van der Waals surface area contributed by atoms with Crippen molar-refractivity contribution in [3.8, 4) is 0 Å². The van der Waals surface area contributed by atoms with Gasteiger partial charge in [0.15, 0.2) is 5.82 Å². The van der Waals surface area contributed by atoms with Crippen LogP contribution in [0.25, 0.3) is 10.8 Å². The lowest BCUT2D eigenvalue weighted by molar-refractivity contribution is -0.117. The van der Waals surface area contributed by atoms with Crippen LogP contribution in [0.5, 0.6) is 0 Å². The minimum absolute atomic E-state index is 0.0301. The van der Waals surface area contributed by atoms with Crippen LogP contribution in [0.1, 0.15) is 42.3 Å². The molecule has 0 fully saturated rings. The molecule has 6 nitrogen and oxygen atoms in total. The number of amides is 2. The predicted molar refractivity (Wildman–Crippen MR) is 109 cm³/mol. The van der Waals surface area contributed by atoms with E-state index in [4.69, 9.17) is 4.52 Å². The molecule has 0 saturated carbocycles. The largest absolute Gasteiger partial charge is 0.360 e. The third kappa shape index (κ3) is 4.76. The van der Waals surface area contributed by atoms with E-state index in [2.05, 4.69) is 17.4 Å². The number of aryl methyl sites for hydroxylation is 1. The average molecular weight is 379 g/mol. The van der Waals surface area contributed by atoms with Crippen molar-refractivity contribution in [2.45, 2.75) is 33.1 Å². The second kappa shape index (κ2) is 9.17. The lowest BCUT2D eigenvalue weighted by Gasteiger charge is -2.23. The van der Waals surface area contributed by atoms with E-state index in [0.29, 0.717) is 23.7 Å². The van der Waals surface area contributed by atoms with Crippen LogP contribution in [-0.4, -0.2) is 35.0 Å². The van der Waals surface area contributed by atoms with Gasteiger partial charge in [-0.3, -0.25) is 9.59 Å². The summed E-state index contributed by atoms with van der Waals surface area (Å²) < 4.78 is 4.97. The highest BCUT2D eigenvalue weighted by molar-refractivity contribution is 6.08. The highest BCUT2D eigenvalue weighted by Crippen LogP contribution is 2.20. The Bertz CT molecular complexity index is 959. The van der Waals surface area contributed by atoms with Gasteiger partial charge in [-0.2, -0.15) is 0 Å². The standard InChI is InChI=1S/C22H25N3O3/c1-3-4-7-13-25(15-21(26)23-20-14-16(2)28-24-20)22(27)19-12-8-10-17-9-5-6-11-18(17)19/h5-6,8-12,14H,3-4,7,13,15H2,1-2H3,(H,23,24,26). The van der Waals surface area contributed by atoms with Gasteiger partial charge in [-0.1, -0.05) is 61.3 Å². The second-order valence-corrected chi connectivity index (χ2v) is 6.83. The van der Waals surface area contributed by atoms with Gasteiger partial charge in [0.25, 0.3) is 5.91 Å². The summed E-state index contributed by atoms with van der Waals surface area (Å²) >= 11 is 0. The van der Waals surface area contributed by atoms with Gasteiger partial charge in [0, 0.05) is 18.2 Å². The summed E-state index contributed by atoms with van der Waals surface area (Å²) in [4.78, 5) is 27.3. The number of nitrogens with zero attached hydrogens (tertiary/aromatic N) is 2. The van der Waals surface area contributed by atoms with Crippen LogP contribution in [-0.2, 0) is 4.79 Å². The Hall–Kier alpha value is -3.15. The number of hydrogen-bond acceptors (Lipinski definition) is 4. The lowest BCUT2D eigenvalue weighted by Crippen LogP contribution is -2.38. The first-order valence-electron chi connectivity index (χ1n) is 9.58. The maximum Gasteiger partial charge on any atom is 0.254 e. The van der Waals surface area contributed by atoms with Crippen LogP contribution in [0.4, 0.5) is 5.82 Å². The fourth-order valence-corrected chi connectivity index (χ4v) is 3.17. The fraction of sp³-hybridized carbons (Fsp3) is 0.318. The normalized spacial score (nSPS) is 10.8. The average Bonchev–Trinajstić information content (AvgIpc) is 3.10. The van der Waals surface area contributed by atoms with Crippen molar-refractivity contribution in [2.75, 3.05) is 18.4 Å². The summed E-state index contributed by atoms with van der Waals surface area (Å²) in [7, 11) is 0. The summed E-state index contributed by atoms with van der Waals surface area (Å²) in [6, 6.07) is 15.1. The molecule has 146 valence electrons. The number of hydrogen-bond donors (Lipinski definition) is 1. The Morgan fingerprint density at radius 2 is 1.89 bits per heavy atom. The van der Waals surface area contributed by atoms with E-state index in [0.717, 1.165) is 30.0 Å². The Morgan fingerprint density at radius 3 is 2.64 bits per heavy atom. The van der Waals surface area contributed by atoms with Gasteiger partial charge in [0.1, 0.15) is 12.3 Å². The topological polar surface area (TPSA) is 75.4 Å². The zero-order valence-electron chi connectivity index (χ0n) is 16.3. The van der Waals surface area contributed by atoms with Crippen molar-refractivity contribution in [1.29, 1.82) is 0 Å². The van der Waals surface area contributed by atoms with Crippen LogP contribution < -0.4 is 5.32 Å². The molecule has 6 heteroatoms. The molecular weight excluding hydrogens is 354 g/mol. The molecule has 0 radical (unpaired) electrons. The number of unbranched alkanes of at least 4 members (excludes halogenated alkanes) is 2. The summed E-state index contributed by atoms with van der Waals surface area (Å²) in [6.45, 7) is 4.36. The minimum Gasteiger partial charge on any atom is -0.360 e. The SMILES string of the molecule is CCCCCN(CC(=O)Nc1cc(C)on1)C(=O)c1cccc2ccccc12. The molecule has 0 unspecified atom stereocenters. The van der Waals surface area contributed by atoms with E-state index >= 15 is 0 Å². The molecule has 2 aromatic carbocycles. The zero-order valence-corrected chi connectivity index (χ0v) is 16.3. The van der Waals surface area contributed by atoms with E-state index in [1.807, 2.05) is 42.5 Å². The second-order valence-electron chi connectivity index (χ2n) is 6.83. The molecule has 3 aromatic rings. The summed E-state index contributed by atoms with van der Waals surface area (Å²) in [6.07, 6.45) is 2.90. The molecule has 0 bridgehead atoms. The van der Waals surface area contributed by atoms with E-state index in [-0.39, 0.29) is 18.4 Å². The Labute approximate surface area is 164 Å². The number of fused-ring (bicyclic) bond motifs is 1. The van der Waals surface area contributed by atoms with Gasteiger partial charge in [0.2, 0.25) is 5.91 Å². The highest BCUT2D eigenvalue weighted by Gasteiger charge is 2.21. The first kappa shape index (κ1) is 19.6. The quantitative estimate of drug-likeness (QED) is 0.588. The molecule has 0 spiro atoms. The first-order chi connectivity index (χ1) is 13.6. The van der Waals surface area contributed by atoms with Gasteiger partial charge in [-0.05, 0) is 30.2 Å². The Morgan fingerprint density at radius 1 is 1.11 bits per heavy atom. The molecule has 1 heterocycles. The number of carbonyl (C=O) groups is 2. The Balaban J connectivity index is 1.79. The van der Waals surface area contributed by atoms with E-state index in [1.54, 1.807) is 17.9 Å². The van der Waals surface area contributed by atoms with Crippen LogP contribution in [0.15, 0.2) is 53.1 Å². The molecule has 0 atom stereocenters. The van der Waals surface area contributed by atoms with Crippen LogP contribution >= 0.6 is 0 Å². The number of nitrogens with one attached hydrogen (secondary N) is 1. The van der Waals surface area contributed by atoms with Crippen molar-refractivity contribution >= 4 is 28.4 Å². The monoisotopic (exact) mass is 379 g/mol. The minimum atomic E-state index is -0.293. The first-order valence-corrected chi connectivity index (χ1v) is 9.58. The van der Waals surface area contributed by atoms with Crippen molar-refractivity contribution in [3.05, 3.63) is 59.9 Å². The molecule has 0 aliphatic carbocycles. The molecule has 28 heavy (non-hydrogen) atoms. The van der Waals surface area contributed by atoms with E-state index < -0.39 is 0 Å². The van der Waals surface area contributed by atoms with Gasteiger partial charge >= 0.3 is 0 Å². The molecule has 3 rings (SSSR count). The smallest absolute Gasteiger partial charge is 0.254 e. The van der Waals surface area contributed by atoms with Crippen LogP contribution in [0.3, 0.4) is 0 Å². The van der Waals surface area contributed by atoms with Crippen molar-refractivity contribution in [3.63, 3.8) is 0 Å². The van der Waals surface area contributed by atoms with Crippen LogP contribution in [0.2, 0.25) is 0 Å². The van der Waals surface area contributed by atoms with Gasteiger partial charge in [-0.25, -0.2) is 0 Å². The number of anilines is 1. The van der Waals surface area contributed by atoms with E-state index in [9.17, 15) is 9.59 Å². The van der Waals surface area contributed by atoms with Gasteiger partial charge in [0.05, 0.1) is 0 Å². The molecule has 1 aromatic heterocycles. The zero-order chi connectivity index (χ0) is 19.9. The van der Waals surface area contributed by atoms with Crippen molar-refractivity contribution in [2.24, 2.45) is 0 Å². The van der Waals surface area contributed by atoms with Crippen molar-refractivity contribution in [1.82, 2.24) is 10.1 Å². The van der Waals surface area contributed by atoms with Gasteiger partial charge < -0.3 is 14.7 Å². The fourth-order valence-electron chi connectivity index (χ4n) is 3.17. The predicted octanol–water partition coefficient (Wildman–Crippen LogP) is 4.41. The molecular formula is C22H25N3O3. The third-order valence-corrected chi connectivity index (χ3v) is 4.57. The third-order valence-electron chi connectivity index (χ3n) is 4.57. The maximum absolute atomic E-state index is 13.3. The van der Waals surface area contributed by atoms with Crippen LogP contribution in [0, 0.1) is 6.92 Å². The molecule has 0 aliphatic rings. The Kier molecular flexibility index (Phi) is 6.42. The van der Waals surface area contributed by atoms with Gasteiger partial charge in [-0.15, -0.1) is 0 Å².